The maximum absolute atomic E-state index is 4.82. The monoisotopic (exact) mass is 606 g/mol. The first-order valence-electron chi connectivity index (χ1n) is 8.71. The molecule has 29 heavy (non-hydrogen) atoms. The molecule has 4 aromatic carbocycles. The quantitative estimate of drug-likeness (QED) is 0.142. The van der Waals surface area contributed by atoms with Gasteiger partial charge in [0.1, 0.15) is 0 Å². The second-order valence-electron chi connectivity index (χ2n) is 5.39. The van der Waals surface area contributed by atoms with Crippen LogP contribution < -0.4 is 0 Å². The van der Waals surface area contributed by atoms with Gasteiger partial charge in [-0.2, -0.15) is 0 Å². The van der Waals surface area contributed by atoms with E-state index in [1.165, 1.54) is 5.56 Å². The molecule has 0 nitrogen and oxygen atoms in total. The van der Waals surface area contributed by atoms with E-state index in [0.717, 1.165) is 5.56 Å². The summed E-state index contributed by atoms with van der Waals surface area (Å²) in [5.74, 6) is 0. The van der Waals surface area contributed by atoms with E-state index in [4.69, 9.17) is 24.8 Å². The van der Waals surface area contributed by atoms with Crippen molar-refractivity contribution in [3.63, 3.8) is 0 Å². The van der Waals surface area contributed by atoms with Crippen molar-refractivity contribution in [1.29, 1.82) is 0 Å². The molecule has 0 spiro atoms. The number of hydrogen-bond acceptors (Lipinski definition) is 2. The van der Waals surface area contributed by atoms with Gasteiger partial charge in [0.25, 0.3) is 0 Å². The van der Waals surface area contributed by atoms with Crippen LogP contribution in [0.4, 0.5) is 0 Å². The summed E-state index contributed by atoms with van der Waals surface area (Å²) in [5.41, 5.74) is 2.20. The van der Waals surface area contributed by atoms with Crippen LogP contribution in [0, 0.1) is 25.1 Å². The topological polar surface area (TPSA) is 0 Å². The Morgan fingerprint density at radius 1 is 0.621 bits per heavy atom. The molecule has 4 rings (SSSR count). The fraction of sp³-hybridized carbons (Fsp3) is 0.0385. The first-order valence-corrected chi connectivity index (χ1v) is 9.53. The zero-order valence-electron chi connectivity index (χ0n) is 16.3. The molecule has 0 unspecified atom stereocenters. The van der Waals surface area contributed by atoms with Gasteiger partial charge in [-0.05, 0) is 30.7 Å². The summed E-state index contributed by atoms with van der Waals surface area (Å²) < 4.78 is 0.542. The summed E-state index contributed by atoms with van der Waals surface area (Å²) in [6, 6.07) is 45.4. The molecule has 0 bridgehead atoms. The van der Waals surface area contributed by atoms with E-state index < -0.39 is 0 Å². The Bertz CT molecular complexity index is 679. The minimum absolute atomic E-state index is 0. The molecule has 3 heteroatoms. The molecule has 0 aromatic heterocycles. The number of rotatable bonds is 1. The summed E-state index contributed by atoms with van der Waals surface area (Å²) in [5, 5.41) is 0. The molecule has 0 saturated heterocycles. The van der Waals surface area contributed by atoms with Crippen molar-refractivity contribution < 1.29 is 0 Å². The van der Waals surface area contributed by atoms with Gasteiger partial charge >= 0.3 is 0 Å². The van der Waals surface area contributed by atoms with Gasteiger partial charge in [0.05, 0.1) is 0 Å². The first kappa shape index (κ1) is 27.1. The number of benzene rings is 4. The average Bonchev–Trinajstić information content (AvgIpc) is 2.79. The van der Waals surface area contributed by atoms with Gasteiger partial charge < -0.3 is 24.8 Å². The Labute approximate surface area is 206 Å². The van der Waals surface area contributed by atoms with Gasteiger partial charge in [-0.15, -0.1) is 4.20 Å². The van der Waals surface area contributed by atoms with Crippen LogP contribution in [0.3, 0.4) is 0 Å². The molecule has 0 amide bonds. The van der Waals surface area contributed by atoms with Crippen molar-refractivity contribution in [3.05, 3.63) is 145 Å². The average molecular weight is 606 g/mol. The van der Waals surface area contributed by atoms with Crippen molar-refractivity contribution in [2.75, 3.05) is 0 Å². The Hall–Kier alpha value is -1.89. The smallest absolute Gasteiger partial charge is 0 e. The van der Waals surface area contributed by atoms with E-state index >= 15 is 0 Å². The molecule has 7 radical (unpaired) electrons. The third kappa shape index (κ3) is 16.7. The predicted octanol–water partition coefficient (Wildman–Crippen LogP) is 6.30. The molecular weight excluding hydrogens is 584 g/mol. The second kappa shape index (κ2) is 19.4. The Balaban J connectivity index is 0.000000366. The molecule has 0 aliphatic heterocycles. The second-order valence-corrected chi connectivity index (χ2v) is 6.46. The molecule has 0 saturated carbocycles. The summed E-state index contributed by atoms with van der Waals surface area (Å²) in [7, 11) is 0. The van der Waals surface area contributed by atoms with E-state index in [1.54, 1.807) is 0 Å². The van der Waals surface area contributed by atoms with E-state index in [2.05, 4.69) is 18.2 Å². The van der Waals surface area contributed by atoms with Crippen LogP contribution in [0.5, 0.6) is 0 Å². The molecule has 4 aromatic rings. The fourth-order valence-electron chi connectivity index (χ4n) is 1.72. The summed E-state index contributed by atoms with van der Waals surface area (Å²) in [4.78, 5) is 0. The normalized spacial score (nSPS) is 8.17. The largest absolute Gasteiger partial charge is 0.428 e. The van der Waals surface area contributed by atoms with Gasteiger partial charge in [0.2, 0.25) is 0 Å². The Kier molecular flexibility index (Phi) is 18.2. The molecule has 0 heterocycles. The van der Waals surface area contributed by atoms with Gasteiger partial charge in [-0.25, -0.2) is 0 Å². The zero-order chi connectivity index (χ0) is 20.3. The van der Waals surface area contributed by atoms with Crippen molar-refractivity contribution in [3.8, 4) is 0 Å². The van der Waals surface area contributed by atoms with Crippen molar-refractivity contribution in [2.45, 2.75) is 6.92 Å². The Morgan fingerprint density at radius 3 is 1.10 bits per heavy atom. The van der Waals surface area contributed by atoms with Crippen molar-refractivity contribution in [2.24, 2.45) is 0 Å². The van der Waals surface area contributed by atoms with E-state index in [0.29, 0.717) is 4.20 Å². The van der Waals surface area contributed by atoms with Crippen molar-refractivity contribution >= 4 is 56.3 Å². The van der Waals surface area contributed by atoms with Crippen LogP contribution in [0.25, 0.3) is 0 Å². The third-order valence-electron chi connectivity index (χ3n) is 3.11. The maximum atomic E-state index is 4.82. The molecular formula is C26H22PbS2-. The summed E-state index contributed by atoms with van der Waals surface area (Å²) in [6.45, 7) is 2.04. The maximum Gasteiger partial charge on any atom is 0 e. The van der Waals surface area contributed by atoms with Gasteiger partial charge in [-0.3, -0.25) is 0 Å². The molecule has 0 N–H and O–H groups in total. The van der Waals surface area contributed by atoms with E-state index in [-0.39, 0.29) is 27.3 Å². The predicted molar refractivity (Wildman–Crippen MR) is 132 cm³/mol. The van der Waals surface area contributed by atoms with Crippen LogP contribution >= 0.6 is 12.2 Å². The van der Waals surface area contributed by atoms with Gasteiger partial charge in [0, 0.05) is 27.3 Å². The fourth-order valence-corrected chi connectivity index (χ4v) is 1.99. The third-order valence-corrected chi connectivity index (χ3v) is 3.58. The summed E-state index contributed by atoms with van der Waals surface area (Å²) >= 11 is 9.64. The number of hydrogen-bond donors (Lipinski definition) is 0. The van der Waals surface area contributed by atoms with Crippen LogP contribution in [-0.4, -0.2) is 31.5 Å². The zero-order valence-corrected chi connectivity index (χ0v) is 21.8. The van der Waals surface area contributed by atoms with Gasteiger partial charge in [0.15, 0.2) is 0 Å². The first-order chi connectivity index (χ1) is 13.7. The van der Waals surface area contributed by atoms with Crippen LogP contribution in [0.15, 0.2) is 115 Å². The molecule has 143 valence electrons. The van der Waals surface area contributed by atoms with Crippen molar-refractivity contribution in [1.82, 2.24) is 0 Å². The standard InChI is InChI=1S/C8H8S2.3C6H5.Pb/c1-6-2-4-7(5-3-6)8(9)10;3*1-2-4-6-5-3-1;/h2-5H,1H3,(H,9,10);3*1-5H;/p-1. The molecule has 0 aliphatic carbocycles. The minimum Gasteiger partial charge on any atom is -0.428 e. The molecule has 0 atom stereocenters. The SMILES string of the molecule is Cc1ccc(C(=S)[S-])cc1.[Pb].[c]1ccccc1.[c]1ccccc1.[c]1ccccc1. The molecule has 0 aliphatic rings. The van der Waals surface area contributed by atoms with E-state index in [1.807, 2.05) is 122 Å². The number of aryl methyl sites for hydroxylation is 1. The molecule has 0 fully saturated rings. The van der Waals surface area contributed by atoms with Crippen LogP contribution in [0.1, 0.15) is 11.1 Å². The number of thiocarbonyl (C=S) groups is 1. The summed E-state index contributed by atoms with van der Waals surface area (Å²) in [6.07, 6.45) is 0. The Morgan fingerprint density at radius 2 is 0.931 bits per heavy atom. The van der Waals surface area contributed by atoms with E-state index in [9.17, 15) is 0 Å². The van der Waals surface area contributed by atoms with Crippen LogP contribution in [-0.2, 0) is 12.6 Å². The minimum atomic E-state index is 0. The van der Waals surface area contributed by atoms with Gasteiger partial charge in [-0.1, -0.05) is 121 Å². The van der Waals surface area contributed by atoms with Crippen LogP contribution in [0.2, 0.25) is 0 Å².